The summed E-state index contributed by atoms with van der Waals surface area (Å²) in [7, 11) is 0. The van der Waals surface area contributed by atoms with Crippen LogP contribution in [0.5, 0.6) is 0 Å². The van der Waals surface area contributed by atoms with E-state index in [1.165, 1.54) is 11.3 Å². The van der Waals surface area contributed by atoms with Crippen LogP contribution >= 0.6 is 11.3 Å². The third kappa shape index (κ3) is 5.74. The molecule has 9 nitrogen and oxygen atoms in total. The van der Waals surface area contributed by atoms with E-state index in [1.54, 1.807) is 37.3 Å². The average molecular weight is 428 g/mol. The Morgan fingerprint density at radius 3 is 2.70 bits per heavy atom. The van der Waals surface area contributed by atoms with E-state index in [0.29, 0.717) is 17.9 Å². The lowest BCUT2D eigenvalue weighted by molar-refractivity contribution is -0.156. The zero-order valence-electron chi connectivity index (χ0n) is 16.2. The SMILES string of the molecule is CCNC(=O)NC(=O)C(OC(=O)CCc1nc(-c2ccsc2)no1)c1ccccc1. The highest BCUT2D eigenvalue weighted by Gasteiger charge is 2.26. The summed E-state index contributed by atoms with van der Waals surface area (Å²) in [6.45, 7) is 2.08. The Morgan fingerprint density at radius 1 is 1.20 bits per heavy atom. The molecule has 0 saturated carbocycles. The van der Waals surface area contributed by atoms with Gasteiger partial charge < -0.3 is 14.6 Å². The van der Waals surface area contributed by atoms with Gasteiger partial charge in [-0.05, 0) is 18.4 Å². The Bertz CT molecular complexity index is 988. The second kappa shape index (κ2) is 10.3. The van der Waals surface area contributed by atoms with E-state index in [9.17, 15) is 14.4 Å². The zero-order valence-corrected chi connectivity index (χ0v) is 17.0. The topological polar surface area (TPSA) is 123 Å². The van der Waals surface area contributed by atoms with Gasteiger partial charge in [-0.3, -0.25) is 14.9 Å². The summed E-state index contributed by atoms with van der Waals surface area (Å²) in [6, 6.07) is 9.67. The van der Waals surface area contributed by atoms with Crippen molar-refractivity contribution in [2.24, 2.45) is 0 Å². The fourth-order valence-corrected chi connectivity index (χ4v) is 3.18. The number of hydrogen-bond donors (Lipinski definition) is 2. The molecular weight excluding hydrogens is 408 g/mol. The lowest BCUT2D eigenvalue weighted by Gasteiger charge is -2.17. The molecule has 0 spiro atoms. The molecule has 0 aliphatic carbocycles. The van der Waals surface area contributed by atoms with Crippen molar-refractivity contribution in [1.29, 1.82) is 0 Å². The third-order valence-corrected chi connectivity index (χ3v) is 4.64. The third-order valence-electron chi connectivity index (χ3n) is 3.95. The molecule has 0 radical (unpaired) electrons. The molecule has 0 bridgehead atoms. The lowest BCUT2D eigenvalue weighted by Crippen LogP contribution is -2.42. The largest absolute Gasteiger partial charge is 0.447 e. The summed E-state index contributed by atoms with van der Waals surface area (Å²) in [6.07, 6.45) is -1.16. The molecule has 0 aliphatic heterocycles. The summed E-state index contributed by atoms with van der Waals surface area (Å²) >= 11 is 1.51. The van der Waals surface area contributed by atoms with Crippen LogP contribution in [-0.2, 0) is 20.7 Å². The molecule has 3 rings (SSSR count). The van der Waals surface area contributed by atoms with E-state index >= 15 is 0 Å². The van der Waals surface area contributed by atoms with E-state index in [4.69, 9.17) is 9.26 Å². The zero-order chi connectivity index (χ0) is 21.3. The number of carbonyl (C=O) groups excluding carboxylic acids is 3. The Labute approximate surface area is 176 Å². The van der Waals surface area contributed by atoms with Crippen molar-refractivity contribution in [1.82, 2.24) is 20.8 Å². The fourth-order valence-electron chi connectivity index (χ4n) is 2.55. The van der Waals surface area contributed by atoms with Gasteiger partial charge >= 0.3 is 12.0 Å². The predicted octanol–water partition coefficient (Wildman–Crippen LogP) is 2.86. The molecule has 3 amide bonds. The maximum Gasteiger partial charge on any atom is 0.321 e. The summed E-state index contributed by atoms with van der Waals surface area (Å²) in [5, 5.41) is 12.3. The molecule has 1 unspecified atom stereocenters. The minimum absolute atomic E-state index is 0.0664. The molecule has 2 heterocycles. The molecule has 156 valence electrons. The molecular formula is C20H20N4O5S. The number of benzene rings is 1. The number of ether oxygens (including phenoxy) is 1. The molecule has 0 aliphatic rings. The average Bonchev–Trinajstić information content (AvgIpc) is 3.43. The van der Waals surface area contributed by atoms with Gasteiger partial charge in [0.1, 0.15) is 0 Å². The van der Waals surface area contributed by atoms with Crippen LogP contribution in [0.3, 0.4) is 0 Å². The first kappa shape index (κ1) is 21.2. The van der Waals surface area contributed by atoms with Crippen LogP contribution in [0, 0.1) is 0 Å². The van der Waals surface area contributed by atoms with Gasteiger partial charge in [0.15, 0.2) is 0 Å². The molecule has 2 N–H and O–H groups in total. The Balaban J connectivity index is 1.61. The molecule has 1 aromatic carbocycles. The highest BCUT2D eigenvalue weighted by atomic mass is 32.1. The summed E-state index contributed by atoms with van der Waals surface area (Å²) in [5.41, 5.74) is 1.29. The second-order valence-corrected chi connectivity index (χ2v) is 6.93. The van der Waals surface area contributed by atoms with E-state index in [0.717, 1.165) is 5.56 Å². The summed E-state index contributed by atoms with van der Waals surface area (Å²) < 4.78 is 10.5. The normalized spacial score (nSPS) is 11.5. The number of aromatic nitrogens is 2. The first-order valence-electron chi connectivity index (χ1n) is 9.25. The number of esters is 1. The fraction of sp³-hybridized carbons (Fsp3) is 0.250. The minimum atomic E-state index is -1.26. The van der Waals surface area contributed by atoms with Gasteiger partial charge in [0.05, 0.1) is 6.42 Å². The van der Waals surface area contributed by atoms with Crippen molar-refractivity contribution in [2.45, 2.75) is 25.9 Å². The highest BCUT2D eigenvalue weighted by Crippen LogP contribution is 2.21. The van der Waals surface area contributed by atoms with Gasteiger partial charge in [-0.25, -0.2) is 4.79 Å². The summed E-state index contributed by atoms with van der Waals surface area (Å²) in [5.74, 6) is -0.637. The number of aryl methyl sites for hydroxylation is 1. The number of rotatable bonds is 8. The monoisotopic (exact) mass is 428 g/mol. The molecule has 10 heteroatoms. The molecule has 1 atom stereocenters. The second-order valence-electron chi connectivity index (χ2n) is 6.15. The number of imide groups is 1. The van der Waals surface area contributed by atoms with Crippen LogP contribution in [0.25, 0.3) is 11.4 Å². The van der Waals surface area contributed by atoms with Crippen LogP contribution in [0.2, 0.25) is 0 Å². The number of nitrogens with one attached hydrogen (secondary N) is 2. The quantitative estimate of drug-likeness (QED) is 0.529. The molecule has 2 aromatic heterocycles. The van der Waals surface area contributed by atoms with Crippen molar-refractivity contribution in [3.05, 3.63) is 58.6 Å². The van der Waals surface area contributed by atoms with Crippen molar-refractivity contribution < 1.29 is 23.6 Å². The van der Waals surface area contributed by atoms with Gasteiger partial charge in [0, 0.05) is 29.5 Å². The van der Waals surface area contributed by atoms with Crippen LogP contribution in [0.4, 0.5) is 4.79 Å². The number of carbonyl (C=O) groups is 3. The molecule has 3 aromatic rings. The molecule has 0 fully saturated rings. The van der Waals surface area contributed by atoms with Crippen LogP contribution in [-0.4, -0.2) is 34.6 Å². The van der Waals surface area contributed by atoms with Gasteiger partial charge in [-0.15, -0.1) is 0 Å². The van der Waals surface area contributed by atoms with E-state index in [1.807, 2.05) is 16.8 Å². The van der Waals surface area contributed by atoms with Crippen molar-refractivity contribution in [2.75, 3.05) is 6.54 Å². The van der Waals surface area contributed by atoms with Crippen molar-refractivity contribution in [3.8, 4) is 11.4 Å². The first-order chi connectivity index (χ1) is 14.6. The van der Waals surface area contributed by atoms with E-state index < -0.39 is 24.0 Å². The minimum Gasteiger partial charge on any atom is -0.447 e. The number of thiophene rings is 1. The number of nitrogens with zero attached hydrogens (tertiary/aromatic N) is 2. The van der Waals surface area contributed by atoms with E-state index in [-0.39, 0.29) is 18.7 Å². The Morgan fingerprint density at radius 2 is 2.00 bits per heavy atom. The van der Waals surface area contributed by atoms with Crippen LogP contribution in [0.1, 0.15) is 30.9 Å². The Hall–Kier alpha value is -3.53. The van der Waals surface area contributed by atoms with Gasteiger partial charge in [-0.2, -0.15) is 16.3 Å². The molecule has 30 heavy (non-hydrogen) atoms. The van der Waals surface area contributed by atoms with Crippen molar-refractivity contribution >= 4 is 29.2 Å². The molecule has 0 saturated heterocycles. The standard InChI is InChI=1S/C20H20N4O5S/c1-2-21-20(27)23-19(26)17(13-6-4-3-5-7-13)28-16(25)9-8-15-22-18(24-29-15)14-10-11-30-12-14/h3-7,10-12,17H,2,8-9H2,1H3,(H2,21,23,26,27). The lowest BCUT2D eigenvalue weighted by atomic mass is 10.1. The first-order valence-corrected chi connectivity index (χ1v) is 10.2. The van der Waals surface area contributed by atoms with Gasteiger partial charge in [0.2, 0.25) is 17.8 Å². The highest BCUT2D eigenvalue weighted by molar-refractivity contribution is 7.08. The van der Waals surface area contributed by atoms with Crippen LogP contribution in [0.15, 0.2) is 51.7 Å². The maximum atomic E-state index is 12.5. The number of amides is 3. The van der Waals surface area contributed by atoms with Crippen LogP contribution < -0.4 is 10.6 Å². The Kier molecular flexibility index (Phi) is 7.28. The van der Waals surface area contributed by atoms with E-state index in [2.05, 4.69) is 20.8 Å². The van der Waals surface area contributed by atoms with Crippen molar-refractivity contribution in [3.63, 3.8) is 0 Å². The number of hydrogen-bond acceptors (Lipinski definition) is 8. The van der Waals surface area contributed by atoms with Gasteiger partial charge in [0.25, 0.3) is 5.91 Å². The number of urea groups is 1. The smallest absolute Gasteiger partial charge is 0.321 e. The predicted molar refractivity (Wildman–Crippen MR) is 108 cm³/mol. The summed E-state index contributed by atoms with van der Waals surface area (Å²) in [4.78, 5) is 40.8. The van der Waals surface area contributed by atoms with Gasteiger partial charge in [-0.1, -0.05) is 35.5 Å². The maximum absolute atomic E-state index is 12.5.